The predicted molar refractivity (Wildman–Crippen MR) is 86.4 cm³/mol. The maximum atomic E-state index is 6.00. The van der Waals surface area contributed by atoms with Gasteiger partial charge >= 0.3 is 0 Å². The van der Waals surface area contributed by atoms with E-state index in [1.807, 2.05) is 18.2 Å². The summed E-state index contributed by atoms with van der Waals surface area (Å²) < 4.78 is 6.00. The predicted octanol–water partition coefficient (Wildman–Crippen LogP) is 5.26. The fourth-order valence-corrected chi connectivity index (χ4v) is 2.67. The van der Waals surface area contributed by atoms with Crippen molar-refractivity contribution in [3.63, 3.8) is 0 Å². The molecule has 102 valence electrons. The van der Waals surface area contributed by atoms with E-state index >= 15 is 0 Å². The first-order valence-electron chi connectivity index (χ1n) is 7.08. The van der Waals surface area contributed by atoms with Crippen LogP contribution in [0.3, 0.4) is 0 Å². The van der Waals surface area contributed by atoms with Crippen molar-refractivity contribution in [1.82, 2.24) is 4.98 Å². The fourth-order valence-electron chi connectivity index (χ4n) is 2.67. The summed E-state index contributed by atoms with van der Waals surface area (Å²) in [7, 11) is 0. The van der Waals surface area contributed by atoms with Gasteiger partial charge in [0.15, 0.2) is 5.58 Å². The third kappa shape index (κ3) is 1.91. The van der Waals surface area contributed by atoms with E-state index in [2.05, 4.69) is 55.2 Å². The lowest BCUT2D eigenvalue weighted by molar-refractivity contribution is 0.617. The lowest BCUT2D eigenvalue weighted by Gasteiger charge is -2.00. The molecular formula is C19H15NO. The van der Waals surface area contributed by atoms with Crippen LogP contribution in [0.4, 0.5) is 0 Å². The van der Waals surface area contributed by atoms with E-state index in [1.54, 1.807) is 0 Å². The topological polar surface area (TPSA) is 26.0 Å². The average Bonchev–Trinajstić information content (AvgIpc) is 2.95. The van der Waals surface area contributed by atoms with Crippen molar-refractivity contribution >= 4 is 21.9 Å². The zero-order valence-corrected chi connectivity index (χ0v) is 12.1. The summed E-state index contributed by atoms with van der Waals surface area (Å²) in [5.74, 6) is 0.685. The molecule has 0 spiro atoms. The van der Waals surface area contributed by atoms with Crippen molar-refractivity contribution in [3.8, 4) is 11.5 Å². The van der Waals surface area contributed by atoms with Gasteiger partial charge in [0.1, 0.15) is 5.52 Å². The van der Waals surface area contributed by atoms with Gasteiger partial charge in [0.25, 0.3) is 0 Å². The van der Waals surface area contributed by atoms with Crippen molar-refractivity contribution in [1.29, 1.82) is 0 Å². The molecule has 0 saturated heterocycles. The third-order valence-corrected chi connectivity index (χ3v) is 4.07. The van der Waals surface area contributed by atoms with Crippen LogP contribution >= 0.6 is 0 Å². The molecule has 0 aliphatic rings. The van der Waals surface area contributed by atoms with Crippen LogP contribution in [0.5, 0.6) is 0 Å². The molecule has 0 aliphatic heterocycles. The maximum Gasteiger partial charge on any atom is 0.227 e. The van der Waals surface area contributed by atoms with Crippen LogP contribution in [0.15, 0.2) is 59.0 Å². The van der Waals surface area contributed by atoms with Crippen LogP contribution < -0.4 is 0 Å². The van der Waals surface area contributed by atoms with E-state index in [4.69, 9.17) is 4.42 Å². The molecule has 0 aliphatic carbocycles. The Morgan fingerprint density at radius 2 is 1.67 bits per heavy atom. The van der Waals surface area contributed by atoms with Gasteiger partial charge < -0.3 is 4.42 Å². The molecule has 0 unspecified atom stereocenters. The van der Waals surface area contributed by atoms with Crippen molar-refractivity contribution in [2.45, 2.75) is 13.8 Å². The third-order valence-electron chi connectivity index (χ3n) is 4.07. The summed E-state index contributed by atoms with van der Waals surface area (Å²) in [6.07, 6.45) is 0. The minimum Gasteiger partial charge on any atom is -0.436 e. The van der Waals surface area contributed by atoms with Crippen LogP contribution in [0.1, 0.15) is 11.1 Å². The van der Waals surface area contributed by atoms with Crippen molar-refractivity contribution < 1.29 is 4.42 Å². The molecule has 0 N–H and O–H groups in total. The van der Waals surface area contributed by atoms with Gasteiger partial charge in [0.2, 0.25) is 5.89 Å². The normalized spacial score (nSPS) is 11.3. The Morgan fingerprint density at radius 3 is 2.52 bits per heavy atom. The zero-order valence-electron chi connectivity index (χ0n) is 12.1. The summed E-state index contributed by atoms with van der Waals surface area (Å²) in [5.41, 5.74) is 5.21. The van der Waals surface area contributed by atoms with Gasteiger partial charge in [-0.05, 0) is 53.9 Å². The van der Waals surface area contributed by atoms with Gasteiger partial charge in [0, 0.05) is 5.56 Å². The maximum absolute atomic E-state index is 6.00. The molecule has 0 atom stereocenters. The molecule has 1 aromatic heterocycles. The summed E-state index contributed by atoms with van der Waals surface area (Å²) >= 11 is 0. The molecule has 2 heteroatoms. The Morgan fingerprint density at radius 1 is 0.857 bits per heavy atom. The van der Waals surface area contributed by atoms with Crippen molar-refractivity contribution in [2.75, 3.05) is 0 Å². The SMILES string of the molecule is Cc1ccc2nc(-c3ccc4ccccc4c3)oc2c1C. The van der Waals surface area contributed by atoms with E-state index in [0.717, 1.165) is 22.2 Å². The molecule has 0 amide bonds. The van der Waals surface area contributed by atoms with Crippen LogP contribution in [-0.2, 0) is 0 Å². The molecule has 0 radical (unpaired) electrons. The summed E-state index contributed by atoms with van der Waals surface area (Å²) in [6.45, 7) is 4.17. The molecule has 1 heterocycles. The molecular weight excluding hydrogens is 258 g/mol. The van der Waals surface area contributed by atoms with Gasteiger partial charge in [-0.2, -0.15) is 0 Å². The van der Waals surface area contributed by atoms with Gasteiger partial charge in [-0.1, -0.05) is 36.4 Å². The van der Waals surface area contributed by atoms with Crippen LogP contribution in [0.2, 0.25) is 0 Å². The van der Waals surface area contributed by atoms with Crippen molar-refractivity contribution in [3.05, 3.63) is 65.7 Å². The number of rotatable bonds is 1. The number of hydrogen-bond acceptors (Lipinski definition) is 2. The summed E-state index contributed by atoms with van der Waals surface area (Å²) in [6, 6.07) is 18.7. The summed E-state index contributed by atoms with van der Waals surface area (Å²) in [5, 5.41) is 2.43. The highest BCUT2D eigenvalue weighted by Gasteiger charge is 2.11. The zero-order chi connectivity index (χ0) is 14.4. The van der Waals surface area contributed by atoms with E-state index in [0.29, 0.717) is 5.89 Å². The Hall–Kier alpha value is -2.61. The molecule has 4 aromatic rings. The number of fused-ring (bicyclic) bond motifs is 2. The second kappa shape index (κ2) is 4.45. The first-order valence-corrected chi connectivity index (χ1v) is 7.08. The molecule has 4 rings (SSSR count). The Balaban J connectivity index is 1.93. The van der Waals surface area contributed by atoms with Crippen LogP contribution in [-0.4, -0.2) is 4.98 Å². The molecule has 2 nitrogen and oxygen atoms in total. The minimum absolute atomic E-state index is 0.685. The molecule has 0 saturated carbocycles. The number of aromatic nitrogens is 1. The standard InChI is InChI=1S/C19H15NO/c1-12-7-10-17-18(13(12)2)21-19(20-17)16-9-8-14-5-3-4-6-15(14)11-16/h3-11H,1-2H3. The Labute approximate surface area is 123 Å². The monoisotopic (exact) mass is 273 g/mol. The van der Waals surface area contributed by atoms with Crippen molar-refractivity contribution in [2.24, 2.45) is 0 Å². The lowest BCUT2D eigenvalue weighted by atomic mass is 10.1. The van der Waals surface area contributed by atoms with E-state index < -0.39 is 0 Å². The van der Waals surface area contributed by atoms with E-state index in [-0.39, 0.29) is 0 Å². The quantitative estimate of drug-likeness (QED) is 0.472. The van der Waals surface area contributed by atoms with Gasteiger partial charge in [-0.3, -0.25) is 0 Å². The largest absolute Gasteiger partial charge is 0.436 e. The molecule has 0 bridgehead atoms. The van der Waals surface area contributed by atoms with Crippen LogP contribution in [0, 0.1) is 13.8 Å². The highest BCUT2D eigenvalue weighted by Crippen LogP contribution is 2.29. The number of nitrogens with zero attached hydrogens (tertiary/aromatic N) is 1. The van der Waals surface area contributed by atoms with Crippen LogP contribution in [0.25, 0.3) is 33.3 Å². The Kier molecular flexibility index (Phi) is 2.58. The number of hydrogen-bond donors (Lipinski definition) is 0. The van der Waals surface area contributed by atoms with Gasteiger partial charge in [-0.15, -0.1) is 0 Å². The van der Waals surface area contributed by atoms with E-state index in [1.165, 1.54) is 16.3 Å². The van der Waals surface area contributed by atoms with Gasteiger partial charge in [0.05, 0.1) is 0 Å². The first-order chi connectivity index (χ1) is 10.2. The second-order valence-electron chi connectivity index (χ2n) is 5.44. The molecule has 0 fully saturated rings. The molecule has 21 heavy (non-hydrogen) atoms. The van der Waals surface area contributed by atoms with E-state index in [9.17, 15) is 0 Å². The second-order valence-corrected chi connectivity index (χ2v) is 5.44. The smallest absolute Gasteiger partial charge is 0.227 e. The number of benzene rings is 3. The fraction of sp³-hybridized carbons (Fsp3) is 0.105. The Bertz CT molecular complexity index is 966. The first kappa shape index (κ1) is 12.2. The molecule has 3 aromatic carbocycles. The van der Waals surface area contributed by atoms with Gasteiger partial charge in [-0.25, -0.2) is 4.98 Å². The number of aryl methyl sites for hydroxylation is 2. The minimum atomic E-state index is 0.685. The highest BCUT2D eigenvalue weighted by atomic mass is 16.3. The average molecular weight is 273 g/mol. The lowest BCUT2D eigenvalue weighted by Crippen LogP contribution is -1.80. The summed E-state index contributed by atoms with van der Waals surface area (Å²) in [4.78, 5) is 4.63. The number of oxazole rings is 1. The highest BCUT2D eigenvalue weighted by molar-refractivity contribution is 5.87.